The lowest BCUT2D eigenvalue weighted by Crippen LogP contribution is -2.08. The zero-order valence-corrected chi connectivity index (χ0v) is 22.0. The Morgan fingerprint density at radius 1 is 0.526 bits per heavy atom. The van der Waals surface area contributed by atoms with Crippen LogP contribution in [0.4, 0.5) is 0 Å². The molecule has 3 rings (SSSR count). The molecule has 0 fully saturated rings. The molecule has 196 valence electrons. The summed E-state index contributed by atoms with van der Waals surface area (Å²) in [6, 6.07) is 17.6. The number of carbonyl (C=O) groups excluding carboxylic acids is 2. The maximum absolute atomic E-state index is 13.3. The van der Waals surface area contributed by atoms with Gasteiger partial charge in [0.2, 0.25) is 0 Å². The van der Waals surface area contributed by atoms with E-state index in [0.29, 0.717) is 39.9 Å². The molecular weight excluding hydrogens is 484 g/mol. The van der Waals surface area contributed by atoms with Crippen molar-refractivity contribution in [3.63, 3.8) is 0 Å². The fourth-order valence-electron chi connectivity index (χ4n) is 3.57. The molecule has 0 bridgehead atoms. The quantitative estimate of drug-likeness (QED) is 0.175. The van der Waals surface area contributed by atoms with Gasteiger partial charge in [-0.3, -0.25) is 9.59 Å². The van der Waals surface area contributed by atoms with Gasteiger partial charge in [0.05, 0.1) is 41.1 Å². The van der Waals surface area contributed by atoms with Crippen LogP contribution in [-0.4, -0.2) is 47.1 Å². The van der Waals surface area contributed by atoms with Crippen LogP contribution >= 0.6 is 0 Å². The van der Waals surface area contributed by atoms with Gasteiger partial charge in [0.25, 0.3) is 0 Å². The highest BCUT2D eigenvalue weighted by Gasteiger charge is 2.15. The van der Waals surface area contributed by atoms with Crippen LogP contribution in [0.2, 0.25) is 0 Å². The number of ketones is 2. The lowest BCUT2D eigenvalue weighted by Gasteiger charge is -2.09. The number of ether oxygens (including phenoxy) is 5. The molecule has 0 spiro atoms. The molecule has 0 saturated carbocycles. The fourth-order valence-corrected chi connectivity index (χ4v) is 3.57. The van der Waals surface area contributed by atoms with E-state index in [0.717, 1.165) is 5.56 Å². The molecule has 0 N–H and O–H groups in total. The molecular formula is C31H30O7. The Labute approximate surface area is 222 Å². The Bertz CT molecular complexity index is 1370. The second-order valence-electron chi connectivity index (χ2n) is 7.96. The van der Waals surface area contributed by atoms with Crippen molar-refractivity contribution in [2.45, 2.75) is 0 Å². The highest BCUT2D eigenvalue weighted by molar-refractivity contribution is 6.31. The van der Waals surface area contributed by atoms with Gasteiger partial charge in [-0.05, 0) is 71.3 Å². The molecule has 3 aromatic carbocycles. The van der Waals surface area contributed by atoms with Gasteiger partial charge < -0.3 is 23.7 Å². The van der Waals surface area contributed by atoms with E-state index < -0.39 is 11.6 Å². The molecule has 0 heterocycles. The summed E-state index contributed by atoms with van der Waals surface area (Å²) in [5.74, 6) is 1.92. The lowest BCUT2D eigenvalue weighted by molar-refractivity contribution is -0.116. The average Bonchev–Trinajstić information content (AvgIpc) is 2.97. The second-order valence-corrected chi connectivity index (χ2v) is 7.96. The minimum Gasteiger partial charge on any atom is -0.497 e. The van der Waals surface area contributed by atoms with Gasteiger partial charge in [-0.25, -0.2) is 0 Å². The summed E-state index contributed by atoms with van der Waals surface area (Å²) < 4.78 is 26.4. The largest absolute Gasteiger partial charge is 0.497 e. The minimum atomic E-state index is -0.459. The van der Waals surface area contributed by atoms with Crippen molar-refractivity contribution in [1.82, 2.24) is 0 Å². The number of hydrogen-bond acceptors (Lipinski definition) is 7. The van der Waals surface area contributed by atoms with Crippen molar-refractivity contribution < 1.29 is 33.3 Å². The van der Waals surface area contributed by atoms with Gasteiger partial charge in [0.15, 0.2) is 34.6 Å². The van der Waals surface area contributed by atoms with Gasteiger partial charge in [-0.1, -0.05) is 36.4 Å². The van der Waals surface area contributed by atoms with E-state index >= 15 is 0 Å². The molecule has 0 radical (unpaired) electrons. The summed E-state index contributed by atoms with van der Waals surface area (Å²) in [7, 11) is 7.73. The van der Waals surface area contributed by atoms with E-state index in [4.69, 9.17) is 23.7 Å². The van der Waals surface area contributed by atoms with Crippen LogP contribution in [0.15, 0.2) is 78.4 Å². The second kappa shape index (κ2) is 13.5. The van der Waals surface area contributed by atoms with Crippen molar-refractivity contribution in [2.24, 2.45) is 0 Å². The summed E-state index contributed by atoms with van der Waals surface area (Å²) in [6.07, 6.45) is 7.52. The number of rotatable bonds is 12. The number of carbonyl (C=O) groups is 2. The molecule has 0 aliphatic carbocycles. The molecule has 38 heavy (non-hydrogen) atoms. The van der Waals surface area contributed by atoms with E-state index in [-0.39, 0.29) is 5.57 Å². The summed E-state index contributed by atoms with van der Waals surface area (Å²) >= 11 is 0. The Hall–Kier alpha value is -4.78. The third-order valence-electron chi connectivity index (χ3n) is 5.63. The van der Waals surface area contributed by atoms with Crippen LogP contribution in [0.3, 0.4) is 0 Å². The number of hydrogen-bond donors (Lipinski definition) is 0. The first kappa shape index (κ1) is 27.8. The van der Waals surface area contributed by atoms with Crippen LogP contribution in [0.25, 0.3) is 18.2 Å². The van der Waals surface area contributed by atoms with Crippen molar-refractivity contribution in [3.8, 4) is 28.7 Å². The van der Waals surface area contributed by atoms with E-state index in [1.807, 2.05) is 12.1 Å². The molecule has 0 unspecified atom stereocenters. The average molecular weight is 515 g/mol. The first-order valence-corrected chi connectivity index (χ1v) is 11.7. The monoisotopic (exact) mass is 514 g/mol. The topological polar surface area (TPSA) is 80.3 Å². The summed E-state index contributed by atoms with van der Waals surface area (Å²) in [5.41, 5.74) is 2.09. The highest BCUT2D eigenvalue weighted by Crippen LogP contribution is 2.30. The summed E-state index contributed by atoms with van der Waals surface area (Å²) in [4.78, 5) is 26.5. The number of methoxy groups -OCH3 is 5. The van der Waals surface area contributed by atoms with Crippen molar-refractivity contribution in [2.75, 3.05) is 35.5 Å². The van der Waals surface area contributed by atoms with Gasteiger partial charge in [0.1, 0.15) is 5.75 Å². The Morgan fingerprint density at radius 3 is 1.47 bits per heavy atom. The van der Waals surface area contributed by atoms with E-state index in [2.05, 4.69) is 0 Å². The molecule has 0 atom stereocenters. The zero-order chi connectivity index (χ0) is 27.5. The summed E-state index contributed by atoms with van der Waals surface area (Å²) in [6.45, 7) is 0. The predicted octanol–water partition coefficient (Wildman–Crippen LogP) is 5.68. The lowest BCUT2D eigenvalue weighted by atomic mass is 10.0. The Balaban J connectivity index is 1.96. The minimum absolute atomic E-state index is 0.0151. The van der Waals surface area contributed by atoms with Crippen LogP contribution in [0, 0.1) is 0 Å². The van der Waals surface area contributed by atoms with Gasteiger partial charge in [-0.15, -0.1) is 0 Å². The van der Waals surface area contributed by atoms with Crippen molar-refractivity contribution in [3.05, 3.63) is 95.1 Å². The SMILES string of the molecule is COc1ccc(/C=C/C(=O)/C(=C/c2ccc(OC)c(OC)c2)C(=O)/C=C/c2ccc(OC)c(OC)c2)cc1. The molecule has 7 heteroatoms. The molecule has 0 amide bonds. The Kier molecular flexibility index (Phi) is 9.88. The van der Waals surface area contributed by atoms with Crippen LogP contribution in [0.5, 0.6) is 28.7 Å². The highest BCUT2D eigenvalue weighted by atomic mass is 16.5. The number of allylic oxidation sites excluding steroid dienone is 3. The standard InChI is InChI=1S/C31H30O7/c1-34-24-12-6-21(7-13-24)8-14-26(32)25(18-23-11-17-29(36-3)31(20-23)38-5)27(33)15-9-22-10-16-28(35-2)30(19-22)37-4/h6-20H,1-5H3/b14-8+,15-9+,25-18-. The Morgan fingerprint density at radius 2 is 0.974 bits per heavy atom. The molecule has 0 saturated heterocycles. The fraction of sp³-hybridized carbons (Fsp3) is 0.161. The molecule has 3 aromatic rings. The van der Waals surface area contributed by atoms with Crippen LogP contribution in [0.1, 0.15) is 16.7 Å². The molecule has 0 aliphatic rings. The molecule has 0 aliphatic heterocycles. The maximum Gasteiger partial charge on any atom is 0.189 e. The smallest absolute Gasteiger partial charge is 0.189 e. The third-order valence-corrected chi connectivity index (χ3v) is 5.63. The zero-order valence-electron chi connectivity index (χ0n) is 22.0. The first-order chi connectivity index (χ1) is 18.4. The van der Waals surface area contributed by atoms with E-state index in [9.17, 15) is 9.59 Å². The maximum atomic E-state index is 13.3. The van der Waals surface area contributed by atoms with Crippen LogP contribution in [-0.2, 0) is 9.59 Å². The van der Waals surface area contributed by atoms with Gasteiger partial charge in [0, 0.05) is 0 Å². The predicted molar refractivity (Wildman–Crippen MR) is 148 cm³/mol. The van der Waals surface area contributed by atoms with Gasteiger partial charge >= 0.3 is 0 Å². The normalized spacial score (nSPS) is 11.4. The third kappa shape index (κ3) is 7.13. The molecule has 7 nitrogen and oxygen atoms in total. The molecule has 0 aromatic heterocycles. The number of benzene rings is 3. The van der Waals surface area contributed by atoms with E-state index in [1.54, 1.807) is 74.9 Å². The summed E-state index contributed by atoms with van der Waals surface area (Å²) in [5, 5.41) is 0. The van der Waals surface area contributed by atoms with Crippen LogP contribution < -0.4 is 23.7 Å². The van der Waals surface area contributed by atoms with Crippen molar-refractivity contribution >= 4 is 29.8 Å². The first-order valence-electron chi connectivity index (χ1n) is 11.7. The van der Waals surface area contributed by atoms with Gasteiger partial charge in [-0.2, -0.15) is 0 Å². The van der Waals surface area contributed by atoms with E-state index in [1.165, 1.54) is 39.6 Å². The van der Waals surface area contributed by atoms with Crippen molar-refractivity contribution in [1.29, 1.82) is 0 Å².